The van der Waals surface area contributed by atoms with Gasteiger partial charge < -0.3 is 11.1 Å². The fourth-order valence-electron chi connectivity index (χ4n) is 3.03. The molecule has 1 amide bonds. The quantitative estimate of drug-likeness (QED) is 0.608. The zero-order chi connectivity index (χ0) is 18.9. The molecule has 0 saturated carbocycles. The monoisotopic (exact) mass is 361 g/mol. The van der Waals surface area contributed by atoms with Crippen LogP contribution in [0.5, 0.6) is 0 Å². The molecule has 3 heterocycles. The van der Waals surface area contributed by atoms with Crippen molar-refractivity contribution in [3.63, 3.8) is 0 Å². The molecule has 0 aliphatic carbocycles. The molecule has 3 aromatic heterocycles. The number of nitrogens with two attached hydrogens (primary N) is 1. The van der Waals surface area contributed by atoms with Gasteiger partial charge in [0.2, 0.25) is 5.91 Å². The molecule has 0 radical (unpaired) electrons. The molecular formula is C21H23N5O. The van der Waals surface area contributed by atoms with Gasteiger partial charge in [0, 0.05) is 43.7 Å². The Labute approximate surface area is 158 Å². The molecule has 3 aromatic rings. The summed E-state index contributed by atoms with van der Waals surface area (Å²) in [4.78, 5) is 24.2. The molecule has 6 nitrogen and oxygen atoms in total. The molecule has 0 aliphatic rings. The third kappa shape index (κ3) is 5.43. The number of pyridine rings is 3. The number of carbonyl (C=O) groups excluding carboxylic acids is 1. The SMILES string of the molecule is NC(=O)C(NCCc1ccncc1CCc1ccncc1)c1cccnc1. The number of nitrogens with one attached hydrogen (secondary N) is 1. The fraction of sp³-hybridized carbons (Fsp3) is 0.238. The maximum absolute atomic E-state index is 11.8. The van der Waals surface area contributed by atoms with Gasteiger partial charge in [0.1, 0.15) is 6.04 Å². The summed E-state index contributed by atoms with van der Waals surface area (Å²) in [5.74, 6) is -0.407. The zero-order valence-corrected chi connectivity index (χ0v) is 15.1. The highest BCUT2D eigenvalue weighted by molar-refractivity contribution is 5.81. The van der Waals surface area contributed by atoms with Gasteiger partial charge in [-0.2, -0.15) is 0 Å². The van der Waals surface area contributed by atoms with E-state index in [1.807, 2.05) is 42.9 Å². The lowest BCUT2D eigenvalue weighted by Gasteiger charge is -2.16. The van der Waals surface area contributed by atoms with Crippen molar-refractivity contribution in [2.45, 2.75) is 25.3 Å². The second-order valence-electron chi connectivity index (χ2n) is 6.33. The Kier molecular flexibility index (Phi) is 6.60. The summed E-state index contributed by atoms with van der Waals surface area (Å²) < 4.78 is 0. The second-order valence-corrected chi connectivity index (χ2v) is 6.33. The van der Waals surface area contributed by atoms with E-state index in [0.717, 1.165) is 24.8 Å². The van der Waals surface area contributed by atoms with Crippen LogP contribution in [0.4, 0.5) is 0 Å². The molecular weight excluding hydrogens is 338 g/mol. The molecule has 0 aliphatic heterocycles. The van der Waals surface area contributed by atoms with Crippen molar-refractivity contribution in [3.8, 4) is 0 Å². The van der Waals surface area contributed by atoms with Crippen molar-refractivity contribution < 1.29 is 4.79 Å². The molecule has 0 saturated heterocycles. The number of hydrogen-bond donors (Lipinski definition) is 2. The average molecular weight is 361 g/mol. The standard InChI is InChI=1S/C21H23N5O/c22-21(27)20(19-2-1-9-24-15-19)26-13-8-17-7-12-25-14-18(17)4-3-16-5-10-23-11-6-16/h1-2,5-7,9-12,14-15,20,26H,3-4,8,13H2,(H2,22,27). The van der Waals surface area contributed by atoms with Crippen LogP contribution in [0.25, 0.3) is 0 Å². The van der Waals surface area contributed by atoms with Crippen molar-refractivity contribution >= 4 is 5.91 Å². The highest BCUT2D eigenvalue weighted by Gasteiger charge is 2.17. The Bertz CT molecular complexity index is 855. The van der Waals surface area contributed by atoms with Crippen LogP contribution in [0, 0.1) is 0 Å². The minimum absolute atomic E-state index is 0.407. The molecule has 3 rings (SSSR count). The lowest BCUT2D eigenvalue weighted by molar-refractivity contribution is -0.120. The van der Waals surface area contributed by atoms with Crippen LogP contribution in [0.2, 0.25) is 0 Å². The van der Waals surface area contributed by atoms with E-state index >= 15 is 0 Å². The first-order valence-corrected chi connectivity index (χ1v) is 8.97. The van der Waals surface area contributed by atoms with E-state index in [1.54, 1.807) is 24.7 Å². The number of nitrogens with zero attached hydrogens (tertiary/aromatic N) is 3. The number of amides is 1. The molecule has 1 unspecified atom stereocenters. The number of primary amides is 1. The second kappa shape index (κ2) is 9.54. The van der Waals surface area contributed by atoms with Crippen molar-refractivity contribution in [3.05, 3.63) is 89.8 Å². The van der Waals surface area contributed by atoms with Crippen molar-refractivity contribution in [2.24, 2.45) is 5.73 Å². The lowest BCUT2D eigenvalue weighted by Crippen LogP contribution is -2.34. The molecule has 27 heavy (non-hydrogen) atoms. The summed E-state index contributed by atoms with van der Waals surface area (Å²) in [5.41, 5.74) is 10.0. The molecule has 0 bridgehead atoms. The van der Waals surface area contributed by atoms with Crippen LogP contribution in [-0.2, 0) is 24.1 Å². The van der Waals surface area contributed by atoms with E-state index in [0.29, 0.717) is 6.54 Å². The van der Waals surface area contributed by atoms with Gasteiger partial charge in [-0.05, 0) is 65.8 Å². The number of aromatic nitrogens is 3. The van der Waals surface area contributed by atoms with E-state index in [2.05, 4.69) is 20.3 Å². The highest BCUT2D eigenvalue weighted by Crippen LogP contribution is 2.14. The summed E-state index contributed by atoms with van der Waals surface area (Å²) in [6.45, 7) is 0.634. The zero-order valence-electron chi connectivity index (χ0n) is 15.1. The van der Waals surface area contributed by atoms with Crippen LogP contribution >= 0.6 is 0 Å². The van der Waals surface area contributed by atoms with Crippen molar-refractivity contribution in [1.82, 2.24) is 20.3 Å². The maximum atomic E-state index is 11.8. The van der Waals surface area contributed by atoms with Crippen LogP contribution in [0.3, 0.4) is 0 Å². The minimum Gasteiger partial charge on any atom is -0.368 e. The van der Waals surface area contributed by atoms with Gasteiger partial charge in [-0.15, -0.1) is 0 Å². The number of rotatable bonds is 9. The summed E-state index contributed by atoms with van der Waals surface area (Å²) in [5, 5.41) is 3.24. The van der Waals surface area contributed by atoms with Crippen LogP contribution in [0.1, 0.15) is 28.3 Å². The van der Waals surface area contributed by atoms with Gasteiger partial charge in [-0.25, -0.2) is 0 Å². The van der Waals surface area contributed by atoms with E-state index in [4.69, 9.17) is 5.73 Å². The first kappa shape index (κ1) is 18.7. The highest BCUT2D eigenvalue weighted by atomic mass is 16.1. The largest absolute Gasteiger partial charge is 0.368 e. The molecule has 0 spiro atoms. The van der Waals surface area contributed by atoms with Crippen molar-refractivity contribution in [2.75, 3.05) is 6.54 Å². The van der Waals surface area contributed by atoms with E-state index < -0.39 is 11.9 Å². The Morgan fingerprint density at radius 1 is 0.889 bits per heavy atom. The summed E-state index contributed by atoms with van der Waals surface area (Å²) in [7, 11) is 0. The van der Waals surface area contributed by atoms with Gasteiger partial charge in [-0.3, -0.25) is 19.7 Å². The third-order valence-electron chi connectivity index (χ3n) is 4.48. The van der Waals surface area contributed by atoms with Gasteiger partial charge in [-0.1, -0.05) is 6.07 Å². The van der Waals surface area contributed by atoms with E-state index in [1.165, 1.54) is 16.7 Å². The van der Waals surface area contributed by atoms with Gasteiger partial charge in [0.05, 0.1) is 0 Å². The van der Waals surface area contributed by atoms with Crippen LogP contribution in [0.15, 0.2) is 67.5 Å². The first-order chi connectivity index (χ1) is 13.2. The summed E-state index contributed by atoms with van der Waals surface area (Å²) >= 11 is 0. The summed E-state index contributed by atoms with van der Waals surface area (Å²) in [6, 6.07) is 9.20. The van der Waals surface area contributed by atoms with Crippen LogP contribution < -0.4 is 11.1 Å². The van der Waals surface area contributed by atoms with E-state index in [9.17, 15) is 4.79 Å². The van der Waals surface area contributed by atoms with E-state index in [-0.39, 0.29) is 0 Å². The molecule has 1 atom stereocenters. The average Bonchev–Trinajstić information content (AvgIpc) is 2.71. The number of hydrogen-bond acceptors (Lipinski definition) is 5. The molecule has 6 heteroatoms. The third-order valence-corrected chi connectivity index (χ3v) is 4.48. The predicted molar refractivity (Wildman–Crippen MR) is 104 cm³/mol. The predicted octanol–water partition coefficient (Wildman–Crippen LogP) is 2.02. The first-order valence-electron chi connectivity index (χ1n) is 8.97. The Balaban J connectivity index is 1.60. The van der Waals surface area contributed by atoms with Gasteiger partial charge in [0.25, 0.3) is 0 Å². The molecule has 3 N–H and O–H groups in total. The molecule has 0 fully saturated rings. The Hall–Kier alpha value is -3.12. The maximum Gasteiger partial charge on any atom is 0.239 e. The van der Waals surface area contributed by atoms with Gasteiger partial charge in [0.15, 0.2) is 0 Å². The van der Waals surface area contributed by atoms with Crippen LogP contribution in [-0.4, -0.2) is 27.4 Å². The topological polar surface area (TPSA) is 93.8 Å². The summed E-state index contributed by atoms with van der Waals surface area (Å²) in [6.07, 6.45) is 13.3. The normalized spacial score (nSPS) is 11.9. The molecule has 138 valence electrons. The van der Waals surface area contributed by atoms with Gasteiger partial charge >= 0.3 is 0 Å². The fourth-order valence-corrected chi connectivity index (χ4v) is 3.03. The number of carbonyl (C=O) groups is 1. The molecule has 0 aromatic carbocycles. The minimum atomic E-state index is -0.541. The lowest BCUT2D eigenvalue weighted by atomic mass is 10.00. The Morgan fingerprint density at radius 2 is 1.67 bits per heavy atom. The van der Waals surface area contributed by atoms with Crippen molar-refractivity contribution in [1.29, 1.82) is 0 Å². The Morgan fingerprint density at radius 3 is 2.41 bits per heavy atom. The smallest absolute Gasteiger partial charge is 0.239 e. The number of aryl methyl sites for hydroxylation is 2.